The Labute approximate surface area is 205 Å². The number of benzene rings is 2. The Hall–Kier alpha value is -2.00. The van der Waals surface area contributed by atoms with Gasteiger partial charge in [-0.3, -0.25) is 9.59 Å². The molecule has 0 aromatic heterocycles. The summed E-state index contributed by atoms with van der Waals surface area (Å²) in [4.78, 5) is 31.0. The zero-order chi connectivity index (χ0) is 23.8. The van der Waals surface area contributed by atoms with Gasteiger partial charge in [-0.05, 0) is 46.2 Å². The first-order valence-electron chi connectivity index (χ1n) is 11.3. The van der Waals surface area contributed by atoms with Crippen molar-refractivity contribution in [2.24, 2.45) is 0 Å². The van der Waals surface area contributed by atoms with Crippen molar-refractivity contribution in [3.05, 3.63) is 58.7 Å². The molecule has 0 unspecified atom stereocenters. The fourth-order valence-corrected chi connectivity index (χ4v) is 6.01. The van der Waals surface area contributed by atoms with Crippen LogP contribution in [0.2, 0.25) is 0 Å². The molecular weight excluding hydrogens is 452 g/mol. The van der Waals surface area contributed by atoms with Gasteiger partial charge in [-0.2, -0.15) is 0 Å². The molecule has 6 nitrogen and oxygen atoms in total. The maximum absolute atomic E-state index is 13.3. The fraction of sp³-hybridized carbons (Fsp3) is 0.440. The SMILES string of the molecule is CNc1ccc(NCCCN(C)CCSSCCN(C)C)c2c1C(=O)c1ccccc1C2=O. The lowest BCUT2D eigenvalue weighted by atomic mass is 9.82. The van der Waals surface area contributed by atoms with Crippen molar-refractivity contribution in [1.82, 2.24) is 9.80 Å². The minimum Gasteiger partial charge on any atom is -0.388 e. The van der Waals surface area contributed by atoms with Gasteiger partial charge in [0.1, 0.15) is 0 Å². The molecule has 0 fully saturated rings. The second kappa shape index (κ2) is 12.5. The van der Waals surface area contributed by atoms with Crippen molar-refractivity contribution >= 4 is 44.5 Å². The largest absolute Gasteiger partial charge is 0.388 e. The maximum Gasteiger partial charge on any atom is 0.196 e. The van der Waals surface area contributed by atoms with Crippen molar-refractivity contribution in [3.8, 4) is 0 Å². The molecule has 3 rings (SSSR count). The number of nitrogens with one attached hydrogen (secondary N) is 2. The molecule has 0 atom stereocenters. The third kappa shape index (κ3) is 6.53. The minimum atomic E-state index is -0.103. The molecule has 8 heteroatoms. The Balaban J connectivity index is 1.54. The van der Waals surface area contributed by atoms with Crippen LogP contribution in [0.15, 0.2) is 36.4 Å². The highest BCUT2D eigenvalue weighted by Crippen LogP contribution is 2.36. The molecule has 0 aliphatic heterocycles. The minimum absolute atomic E-state index is 0.0966. The molecule has 2 aromatic carbocycles. The number of hydrogen-bond donors (Lipinski definition) is 2. The van der Waals surface area contributed by atoms with E-state index in [0.29, 0.717) is 27.9 Å². The van der Waals surface area contributed by atoms with E-state index in [-0.39, 0.29) is 11.6 Å². The standard InChI is InChI=1S/C25H34N4O2S2/c1-26-20-10-11-21(23-22(20)24(30)18-8-5-6-9-19(18)25(23)31)27-12-7-13-29(4)15-17-33-32-16-14-28(2)3/h5-6,8-11,26-27H,7,12-17H2,1-4H3. The Morgan fingerprint density at radius 1 is 0.788 bits per heavy atom. The Morgan fingerprint density at radius 3 is 1.97 bits per heavy atom. The van der Waals surface area contributed by atoms with Gasteiger partial charge in [0, 0.05) is 60.7 Å². The van der Waals surface area contributed by atoms with Crippen LogP contribution in [0.25, 0.3) is 0 Å². The number of nitrogens with zero attached hydrogens (tertiary/aromatic N) is 2. The first-order valence-corrected chi connectivity index (χ1v) is 13.8. The smallest absolute Gasteiger partial charge is 0.196 e. The van der Waals surface area contributed by atoms with Crippen molar-refractivity contribution in [2.45, 2.75) is 6.42 Å². The summed E-state index contributed by atoms with van der Waals surface area (Å²) in [5.74, 6) is 2.06. The molecular formula is C25H34N4O2S2. The van der Waals surface area contributed by atoms with E-state index in [4.69, 9.17) is 0 Å². The molecule has 33 heavy (non-hydrogen) atoms. The third-order valence-electron chi connectivity index (χ3n) is 5.64. The molecule has 2 aromatic rings. The average Bonchev–Trinajstić information content (AvgIpc) is 2.81. The molecule has 1 aliphatic rings. The van der Waals surface area contributed by atoms with Gasteiger partial charge in [-0.1, -0.05) is 45.9 Å². The van der Waals surface area contributed by atoms with Crippen LogP contribution in [0.3, 0.4) is 0 Å². The second-order valence-corrected chi connectivity index (χ2v) is 11.1. The van der Waals surface area contributed by atoms with E-state index in [1.54, 1.807) is 31.3 Å². The third-order valence-corrected chi connectivity index (χ3v) is 8.00. The number of hydrogen-bond acceptors (Lipinski definition) is 8. The van der Waals surface area contributed by atoms with Crippen LogP contribution in [-0.2, 0) is 0 Å². The lowest BCUT2D eigenvalue weighted by Crippen LogP contribution is -2.25. The normalized spacial score (nSPS) is 12.8. The number of fused-ring (bicyclic) bond motifs is 2. The van der Waals surface area contributed by atoms with Crippen molar-refractivity contribution in [3.63, 3.8) is 0 Å². The molecule has 0 bridgehead atoms. The van der Waals surface area contributed by atoms with Crippen LogP contribution in [-0.4, -0.2) is 87.2 Å². The summed E-state index contributed by atoms with van der Waals surface area (Å²) in [6.07, 6.45) is 0.955. The van der Waals surface area contributed by atoms with Crippen molar-refractivity contribution in [2.75, 3.05) is 76.5 Å². The number of carbonyl (C=O) groups excluding carboxylic acids is 2. The van der Waals surface area contributed by atoms with Gasteiger partial charge < -0.3 is 20.4 Å². The van der Waals surface area contributed by atoms with Crippen LogP contribution in [0.4, 0.5) is 11.4 Å². The van der Waals surface area contributed by atoms with Crippen LogP contribution < -0.4 is 10.6 Å². The van der Waals surface area contributed by atoms with Crippen molar-refractivity contribution < 1.29 is 9.59 Å². The highest BCUT2D eigenvalue weighted by Gasteiger charge is 2.33. The predicted molar refractivity (Wildman–Crippen MR) is 143 cm³/mol. The number of rotatable bonds is 13. The first kappa shape index (κ1) is 25.6. The lowest BCUT2D eigenvalue weighted by molar-refractivity contribution is 0.0980. The molecule has 2 N–H and O–H groups in total. The second-order valence-electron chi connectivity index (χ2n) is 8.40. The average molecular weight is 487 g/mol. The van der Waals surface area contributed by atoms with Crippen molar-refractivity contribution in [1.29, 1.82) is 0 Å². The molecule has 178 valence electrons. The van der Waals surface area contributed by atoms with Gasteiger partial charge in [0.2, 0.25) is 0 Å². The number of ketones is 2. The Bertz CT molecular complexity index is 981. The molecule has 1 aliphatic carbocycles. The van der Waals surface area contributed by atoms with Crippen LogP contribution in [0.1, 0.15) is 38.3 Å². The topological polar surface area (TPSA) is 64.7 Å². The monoisotopic (exact) mass is 486 g/mol. The van der Waals surface area contributed by atoms with Gasteiger partial charge in [0.25, 0.3) is 0 Å². The Morgan fingerprint density at radius 2 is 1.36 bits per heavy atom. The molecule has 0 amide bonds. The van der Waals surface area contributed by atoms with E-state index < -0.39 is 0 Å². The van der Waals surface area contributed by atoms with E-state index in [9.17, 15) is 9.59 Å². The molecule has 0 radical (unpaired) electrons. The van der Waals surface area contributed by atoms with Gasteiger partial charge in [-0.25, -0.2) is 0 Å². The zero-order valence-electron chi connectivity index (χ0n) is 19.9. The summed E-state index contributed by atoms with van der Waals surface area (Å²) in [5.41, 5.74) is 3.31. The quantitative estimate of drug-likeness (QED) is 0.276. The predicted octanol–water partition coefficient (Wildman–Crippen LogP) is 4.18. The highest BCUT2D eigenvalue weighted by atomic mass is 33.1. The van der Waals surface area contributed by atoms with E-state index >= 15 is 0 Å². The van der Waals surface area contributed by atoms with Crippen LogP contribution in [0.5, 0.6) is 0 Å². The summed E-state index contributed by atoms with van der Waals surface area (Å²) in [6, 6.07) is 10.8. The Kier molecular flexibility index (Phi) is 9.67. The summed E-state index contributed by atoms with van der Waals surface area (Å²) < 4.78 is 0. The fourth-order valence-electron chi connectivity index (χ4n) is 3.79. The van der Waals surface area contributed by atoms with E-state index in [1.165, 1.54) is 0 Å². The van der Waals surface area contributed by atoms with E-state index in [1.807, 2.05) is 33.7 Å². The van der Waals surface area contributed by atoms with Crippen LogP contribution in [0, 0.1) is 0 Å². The summed E-state index contributed by atoms with van der Waals surface area (Å²) in [5, 5.41) is 6.48. The molecule has 0 saturated heterocycles. The van der Waals surface area contributed by atoms with E-state index in [0.717, 1.165) is 49.8 Å². The zero-order valence-corrected chi connectivity index (χ0v) is 21.6. The molecule has 0 heterocycles. The van der Waals surface area contributed by atoms with Gasteiger partial charge in [-0.15, -0.1) is 0 Å². The first-order chi connectivity index (χ1) is 15.9. The number of anilines is 2. The van der Waals surface area contributed by atoms with Gasteiger partial charge >= 0.3 is 0 Å². The molecule has 0 spiro atoms. The summed E-state index contributed by atoms with van der Waals surface area (Å²) >= 11 is 0. The summed E-state index contributed by atoms with van der Waals surface area (Å²) in [7, 11) is 12.0. The summed E-state index contributed by atoms with van der Waals surface area (Å²) in [6.45, 7) is 3.87. The van der Waals surface area contributed by atoms with E-state index in [2.05, 4.69) is 41.6 Å². The maximum atomic E-state index is 13.3. The molecule has 0 saturated carbocycles. The lowest BCUT2D eigenvalue weighted by Gasteiger charge is -2.23. The van der Waals surface area contributed by atoms with Gasteiger partial charge in [0.15, 0.2) is 11.6 Å². The highest BCUT2D eigenvalue weighted by molar-refractivity contribution is 8.76. The number of carbonyl (C=O) groups is 2. The van der Waals surface area contributed by atoms with Crippen LogP contribution >= 0.6 is 21.6 Å². The van der Waals surface area contributed by atoms with Gasteiger partial charge in [0.05, 0.1) is 11.1 Å².